The standard InChI is InChI=1S/C16H17NS/c1-13-9-10-15(17)12-16(13)18-11-5-8-14-6-3-2-4-7-14/h2-10,12H,11,17H2,1H3. The highest BCUT2D eigenvalue weighted by Gasteiger charge is 1.98. The Kier molecular flexibility index (Phi) is 4.48. The molecule has 0 unspecified atom stereocenters. The molecule has 0 spiro atoms. The Labute approximate surface area is 113 Å². The lowest BCUT2D eigenvalue weighted by atomic mass is 10.2. The Balaban J connectivity index is 1.92. The SMILES string of the molecule is Cc1ccc(N)cc1SCC=Cc1ccccc1. The minimum atomic E-state index is 0.829. The van der Waals surface area contributed by atoms with E-state index in [1.807, 2.05) is 30.0 Å². The number of anilines is 1. The van der Waals surface area contributed by atoms with Crippen molar-refractivity contribution in [2.45, 2.75) is 11.8 Å². The zero-order chi connectivity index (χ0) is 12.8. The van der Waals surface area contributed by atoms with Crippen LogP contribution in [0.1, 0.15) is 11.1 Å². The highest BCUT2D eigenvalue weighted by Crippen LogP contribution is 2.24. The maximum Gasteiger partial charge on any atom is 0.0325 e. The zero-order valence-electron chi connectivity index (χ0n) is 10.5. The first-order valence-electron chi connectivity index (χ1n) is 5.96. The average Bonchev–Trinajstić information content (AvgIpc) is 2.40. The molecule has 0 aliphatic carbocycles. The molecule has 1 nitrogen and oxygen atoms in total. The van der Waals surface area contributed by atoms with Crippen molar-refractivity contribution in [1.82, 2.24) is 0 Å². The van der Waals surface area contributed by atoms with Crippen LogP contribution in [0.3, 0.4) is 0 Å². The van der Waals surface area contributed by atoms with E-state index in [2.05, 4.69) is 49.4 Å². The molecule has 0 radical (unpaired) electrons. The second kappa shape index (κ2) is 6.31. The minimum absolute atomic E-state index is 0.829. The predicted octanol–water partition coefficient (Wildman–Crippen LogP) is 4.38. The molecule has 0 atom stereocenters. The Morgan fingerprint density at radius 2 is 1.89 bits per heavy atom. The molecule has 0 fully saturated rings. The van der Waals surface area contributed by atoms with Gasteiger partial charge in [-0.1, -0.05) is 48.6 Å². The first kappa shape index (κ1) is 12.8. The monoisotopic (exact) mass is 255 g/mol. The maximum atomic E-state index is 5.79. The number of thioether (sulfide) groups is 1. The van der Waals surface area contributed by atoms with E-state index >= 15 is 0 Å². The summed E-state index contributed by atoms with van der Waals surface area (Å²) in [6, 6.07) is 16.4. The number of benzene rings is 2. The fraction of sp³-hybridized carbons (Fsp3) is 0.125. The van der Waals surface area contributed by atoms with Crippen LogP contribution in [0.5, 0.6) is 0 Å². The van der Waals surface area contributed by atoms with Gasteiger partial charge < -0.3 is 5.73 Å². The molecule has 2 aromatic rings. The van der Waals surface area contributed by atoms with Gasteiger partial charge in [0.05, 0.1) is 0 Å². The van der Waals surface area contributed by atoms with E-state index in [1.54, 1.807) is 0 Å². The van der Waals surface area contributed by atoms with Crippen molar-refractivity contribution in [3.05, 3.63) is 65.7 Å². The van der Waals surface area contributed by atoms with Gasteiger partial charge in [0.1, 0.15) is 0 Å². The van der Waals surface area contributed by atoms with Crippen LogP contribution in [0, 0.1) is 6.92 Å². The van der Waals surface area contributed by atoms with Crippen LogP contribution in [0.4, 0.5) is 5.69 Å². The van der Waals surface area contributed by atoms with Crippen molar-refractivity contribution in [2.75, 3.05) is 11.5 Å². The van der Waals surface area contributed by atoms with Crippen LogP contribution in [0.25, 0.3) is 6.08 Å². The van der Waals surface area contributed by atoms with Crippen molar-refractivity contribution in [3.63, 3.8) is 0 Å². The van der Waals surface area contributed by atoms with E-state index < -0.39 is 0 Å². The molecular weight excluding hydrogens is 238 g/mol. The number of hydrogen-bond donors (Lipinski definition) is 1. The second-order valence-electron chi connectivity index (χ2n) is 4.15. The second-order valence-corrected chi connectivity index (χ2v) is 5.21. The lowest BCUT2D eigenvalue weighted by molar-refractivity contribution is 1.31. The van der Waals surface area contributed by atoms with E-state index in [-0.39, 0.29) is 0 Å². The van der Waals surface area contributed by atoms with Gasteiger partial charge in [-0.2, -0.15) is 0 Å². The maximum absolute atomic E-state index is 5.79. The molecule has 2 rings (SSSR count). The van der Waals surface area contributed by atoms with Gasteiger partial charge in [-0.25, -0.2) is 0 Å². The highest BCUT2D eigenvalue weighted by atomic mass is 32.2. The fourth-order valence-electron chi connectivity index (χ4n) is 1.66. The Morgan fingerprint density at radius 1 is 1.11 bits per heavy atom. The predicted molar refractivity (Wildman–Crippen MR) is 81.8 cm³/mol. The van der Waals surface area contributed by atoms with Gasteiger partial charge in [0, 0.05) is 16.3 Å². The molecule has 0 aliphatic heterocycles. The van der Waals surface area contributed by atoms with E-state index in [1.165, 1.54) is 16.0 Å². The molecule has 2 aromatic carbocycles. The lowest BCUT2D eigenvalue weighted by Gasteiger charge is -2.04. The normalized spacial score (nSPS) is 10.9. The zero-order valence-corrected chi connectivity index (χ0v) is 11.3. The summed E-state index contributed by atoms with van der Waals surface area (Å²) in [5.74, 6) is 0.958. The minimum Gasteiger partial charge on any atom is -0.399 e. The van der Waals surface area contributed by atoms with Gasteiger partial charge in [-0.3, -0.25) is 0 Å². The molecule has 0 saturated carbocycles. The molecule has 0 bridgehead atoms. The third-order valence-electron chi connectivity index (χ3n) is 2.66. The van der Waals surface area contributed by atoms with Gasteiger partial charge in [0.25, 0.3) is 0 Å². The van der Waals surface area contributed by atoms with Crippen molar-refractivity contribution >= 4 is 23.5 Å². The number of rotatable bonds is 4. The molecule has 0 amide bonds. The third-order valence-corrected chi connectivity index (χ3v) is 3.77. The Bertz CT molecular complexity index is 532. The van der Waals surface area contributed by atoms with Crippen LogP contribution in [0.15, 0.2) is 59.5 Å². The summed E-state index contributed by atoms with van der Waals surface area (Å²) in [5.41, 5.74) is 9.14. The van der Waals surface area contributed by atoms with Gasteiger partial charge >= 0.3 is 0 Å². The smallest absolute Gasteiger partial charge is 0.0325 e. The Morgan fingerprint density at radius 3 is 2.67 bits per heavy atom. The molecule has 2 heteroatoms. The number of hydrogen-bond acceptors (Lipinski definition) is 2. The third kappa shape index (κ3) is 3.67. The molecular formula is C16H17NS. The summed E-state index contributed by atoms with van der Waals surface area (Å²) in [6.45, 7) is 2.11. The van der Waals surface area contributed by atoms with Crippen LogP contribution in [-0.4, -0.2) is 5.75 Å². The van der Waals surface area contributed by atoms with Gasteiger partial charge in [-0.05, 0) is 30.2 Å². The van der Waals surface area contributed by atoms with Crippen LogP contribution >= 0.6 is 11.8 Å². The first-order chi connectivity index (χ1) is 8.75. The number of nitrogen functional groups attached to an aromatic ring is 1. The van der Waals surface area contributed by atoms with Crippen LogP contribution < -0.4 is 5.73 Å². The summed E-state index contributed by atoms with van der Waals surface area (Å²) in [6.07, 6.45) is 4.33. The van der Waals surface area contributed by atoms with Crippen molar-refractivity contribution in [2.24, 2.45) is 0 Å². The molecule has 2 N–H and O–H groups in total. The summed E-state index contributed by atoms with van der Waals surface area (Å²) in [7, 11) is 0. The molecule has 0 aromatic heterocycles. The van der Waals surface area contributed by atoms with E-state index in [0.29, 0.717) is 0 Å². The van der Waals surface area contributed by atoms with Gasteiger partial charge in [0.15, 0.2) is 0 Å². The van der Waals surface area contributed by atoms with Crippen LogP contribution in [-0.2, 0) is 0 Å². The summed E-state index contributed by atoms with van der Waals surface area (Å²) < 4.78 is 0. The highest BCUT2D eigenvalue weighted by molar-refractivity contribution is 7.99. The van der Waals surface area contributed by atoms with Crippen molar-refractivity contribution < 1.29 is 0 Å². The largest absolute Gasteiger partial charge is 0.399 e. The van der Waals surface area contributed by atoms with E-state index in [4.69, 9.17) is 5.73 Å². The van der Waals surface area contributed by atoms with E-state index in [0.717, 1.165) is 11.4 Å². The van der Waals surface area contributed by atoms with Gasteiger partial charge in [0.2, 0.25) is 0 Å². The quantitative estimate of drug-likeness (QED) is 0.648. The van der Waals surface area contributed by atoms with Crippen molar-refractivity contribution in [3.8, 4) is 0 Å². The van der Waals surface area contributed by atoms with E-state index in [9.17, 15) is 0 Å². The summed E-state index contributed by atoms with van der Waals surface area (Å²) >= 11 is 1.81. The molecule has 92 valence electrons. The fourth-order valence-corrected chi connectivity index (χ4v) is 2.55. The lowest BCUT2D eigenvalue weighted by Crippen LogP contribution is -1.87. The number of aryl methyl sites for hydroxylation is 1. The first-order valence-corrected chi connectivity index (χ1v) is 6.95. The molecule has 18 heavy (non-hydrogen) atoms. The molecule has 0 saturated heterocycles. The molecule has 0 heterocycles. The summed E-state index contributed by atoms with van der Waals surface area (Å²) in [4.78, 5) is 1.26. The topological polar surface area (TPSA) is 26.0 Å². The number of nitrogens with two attached hydrogens (primary N) is 1. The Hall–Kier alpha value is -1.67. The average molecular weight is 255 g/mol. The molecule has 0 aliphatic rings. The van der Waals surface area contributed by atoms with Crippen LogP contribution in [0.2, 0.25) is 0 Å². The van der Waals surface area contributed by atoms with Crippen molar-refractivity contribution in [1.29, 1.82) is 0 Å². The summed E-state index contributed by atoms with van der Waals surface area (Å²) in [5, 5.41) is 0. The van der Waals surface area contributed by atoms with Gasteiger partial charge in [-0.15, -0.1) is 11.8 Å².